The zero-order valence-electron chi connectivity index (χ0n) is 10.3. The Morgan fingerprint density at radius 2 is 2.35 bits per heavy atom. The van der Waals surface area contributed by atoms with Crippen molar-refractivity contribution in [2.75, 3.05) is 12.3 Å². The highest BCUT2D eigenvalue weighted by Crippen LogP contribution is 2.22. The second-order valence-corrected chi connectivity index (χ2v) is 3.96. The molecule has 5 heteroatoms. The van der Waals surface area contributed by atoms with Crippen LogP contribution in [0.1, 0.15) is 37.3 Å². The molecule has 0 aliphatic rings. The van der Waals surface area contributed by atoms with Gasteiger partial charge in [0.25, 0.3) is 0 Å². The summed E-state index contributed by atoms with van der Waals surface area (Å²) in [5.74, 6) is 2.56. The molecule has 0 fully saturated rings. The molecule has 1 aromatic heterocycles. The molecule has 1 unspecified atom stereocenters. The summed E-state index contributed by atoms with van der Waals surface area (Å²) in [4.78, 5) is 15.5. The lowest BCUT2D eigenvalue weighted by molar-refractivity contribution is 0.0521. The molecule has 0 aromatic carbocycles. The van der Waals surface area contributed by atoms with Gasteiger partial charge in [0.2, 0.25) is 0 Å². The molecule has 0 aliphatic heterocycles. The van der Waals surface area contributed by atoms with Gasteiger partial charge in [0.05, 0.1) is 19.0 Å². The van der Waals surface area contributed by atoms with E-state index in [9.17, 15) is 4.79 Å². The summed E-state index contributed by atoms with van der Waals surface area (Å²) in [6.07, 6.45) is 6.93. The molecule has 1 rings (SSSR count). The number of carbonyl (C=O) groups excluding carboxylic acids is 1. The molecule has 0 amide bonds. The van der Waals surface area contributed by atoms with Crippen LogP contribution >= 0.6 is 0 Å². The fourth-order valence-electron chi connectivity index (χ4n) is 1.54. The largest absolute Gasteiger partial charge is 0.461 e. The molecule has 5 nitrogen and oxygen atoms in total. The third kappa shape index (κ3) is 2.59. The van der Waals surface area contributed by atoms with Crippen LogP contribution in [0.25, 0.3) is 0 Å². The highest BCUT2D eigenvalue weighted by atomic mass is 16.5. The number of aromatic nitrogens is 2. The quantitative estimate of drug-likeness (QED) is 0.633. The Kier molecular flexibility index (Phi) is 4.16. The van der Waals surface area contributed by atoms with E-state index < -0.39 is 5.97 Å². The second kappa shape index (κ2) is 5.39. The van der Waals surface area contributed by atoms with Gasteiger partial charge in [-0.3, -0.25) is 0 Å². The van der Waals surface area contributed by atoms with E-state index >= 15 is 0 Å². The normalized spacial score (nSPS) is 12.2. The van der Waals surface area contributed by atoms with E-state index in [0.29, 0.717) is 0 Å². The highest BCUT2D eigenvalue weighted by Gasteiger charge is 2.21. The standard InChI is InChI=1S/C12H17N3O2/c1-5-9(8(3)4)15-7-14-10(11(15)13)12(16)17-6-2/h1,7-9H,6,13H2,2-4H3. The third-order valence-corrected chi connectivity index (χ3v) is 2.40. The van der Waals surface area contributed by atoms with Gasteiger partial charge in [-0.05, 0) is 12.8 Å². The SMILES string of the molecule is C#CC(C(C)C)n1cnc(C(=O)OCC)c1N. The van der Waals surface area contributed by atoms with Gasteiger partial charge in [0.1, 0.15) is 5.82 Å². The number of hydrogen-bond donors (Lipinski definition) is 1. The molecular weight excluding hydrogens is 218 g/mol. The number of carbonyl (C=O) groups is 1. The fourth-order valence-corrected chi connectivity index (χ4v) is 1.54. The van der Waals surface area contributed by atoms with Crippen molar-refractivity contribution in [2.24, 2.45) is 5.92 Å². The number of hydrogen-bond acceptors (Lipinski definition) is 4. The van der Waals surface area contributed by atoms with E-state index in [1.807, 2.05) is 13.8 Å². The van der Waals surface area contributed by atoms with E-state index in [4.69, 9.17) is 16.9 Å². The van der Waals surface area contributed by atoms with Crippen molar-refractivity contribution in [2.45, 2.75) is 26.8 Å². The zero-order valence-corrected chi connectivity index (χ0v) is 10.3. The number of anilines is 1. The van der Waals surface area contributed by atoms with Crippen LogP contribution in [0.15, 0.2) is 6.33 Å². The summed E-state index contributed by atoms with van der Waals surface area (Å²) in [5, 5.41) is 0. The van der Waals surface area contributed by atoms with Crippen LogP contribution in [0.3, 0.4) is 0 Å². The number of rotatable bonds is 4. The lowest BCUT2D eigenvalue weighted by Crippen LogP contribution is -2.16. The molecule has 0 aliphatic carbocycles. The van der Waals surface area contributed by atoms with Gasteiger partial charge in [-0.25, -0.2) is 9.78 Å². The predicted molar refractivity (Wildman–Crippen MR) is 65.3 cm³/mol. The minimum atomic E-state index is -0.525. The first-order valence-corrected chi connectivity index (χ1v) is 5.48. The maximum absolute atomic E-state index is 11.5. The zero-order chi connectivity index (χ0) is 13.0. The fraction of sp³-hybridized carbons (Fsp3) is 0.500. The summed E-state index contributed by atoms with van der Waals surface area (Å²) in [5.41, 5.74) is 5.97. The van der Waals surface area contributed by atoms with Gasteiger partial charge in [-0.2, -0.15) is 0 Å². The average molecular weight is 235 g/mol. The van der Waals surface area contributed by atoms with Gasteiger partial charge in [-0.15, -0.1) is 6.42 Å². The topological polar surface area (TPSA) is 70.1 Å². The minimum absolute atomic E-state index is 0.118. The summed E-state index contributed by atoms with van der Waals surface area (Å²) in [6, 6.07) is -0.217. The average Bonchev–Trinajstić information content (AvgIpc) is 2.62. The first kappa shape index (κ1) is 13.1. The summed E-state index contributed by atoms with van der Waals surface area (Å²) < 4.78 is 6.47. The molecule has 92 valence electrons. The first-order chi connectivity index (χ1) is 8.02. The van der Waals surface area contributed by atoms with E-state index in [2.05, 4.69) is 10.9 Å². The van der Waals surface area contributed by atoms with Gasteiger partial charge in [-0.1, -0.05) is 19.8 Å². The Hall–Kier alpha value is -1.96. The van der Waals surface area contributed by atoms with Crippen LogP contribution in [0.2, 0.25) is 0 Å². The predicted octanol–water partition coefficient (Wildman–Crippen LogP) is 1.47. The Balaban J connectivity index is 3.06. The Labute approximate surface area is 101 Å². The van der Waals surface area contributed by atoms with Crippen molar-refractivity contribution in [1.29, 1.82) is 0 Å². The molecule has 0 spiro atoms. The van der Waals surface area contributed by atoms with Crippen LogP contribution in [-0.4, -0.2) is 22.1 Å². The van der Waals surface area contributed by atoms with Crippen LogP contribution in [0.5, 0.6) is 0 Å². The molecule has 1 heterocycles. The van der Waals surface area contributed by atoms with Crippen LogP contribution in [0.4, 0.5) is 5.82 Å². The van der Waals surface area contributed by atoms with Crippen molar-refractivity contribution in [3.63, 3.8) is 0 Å². The number of ether oxygens (including phenoxy) is 1. The van der Waals surface area contributed by atoms with Gasteiger partial charge in [0.15, 0.2) is 5.69 Å². The van der Waals surface area contributed by atoms with Crippen molar-refractivity contribution in [3.8, 4) is 12.3 Å². The number of imidazole rings is 1. The molecule has 17 heavy (non-hydrogen) atoms. The molecule has 1 atom stereocenters. The number of esters is 1. The molecule has 2 N–H and O–H groups in total. The lowest BCUT2D eigenvalue weighted by atomic mass is 10.1. The van der Waals surface area contributed by atoms with Crippen LogP contribution in [-0.2, 0) is 4.74 Å². The van der Waals surface area contributed by atoms with Crippen molar-refractivity contribution in [3.05, 3.63) is 12.0 Å². The van der Waals surface area contributed by atoms with Gasteiger partial charge < -0.3 is 15.0 Å². The summed E-state index contributed by atoms with van der Waals surface area (Å²) in [7, 11) is 0. The van der Waals surface area contributed by atoms with Crippen LogP contribution in [0, 0.1) is 18.3 Å². The third-order valence-electron chi connectivity index (χ3n) is 2.40. The summed E-state index contributed by atoms with van der Waals surface area (Å²) in [6.45, 7) is 5.97. The first-order valence-electron chi connectivity index (χ1n) is 5.48. The number of nitrogens with zero attached hydrogens (tertiary/aromatic N) is 2. The number of nitrogens with two attached hydrogens (primary N) is 1. The Bertz CT molecular complexity index is 443. The van der Waals surface area contributed by atoms with E-state index in [0.717, 1.165) is 0 Å². The van der Waals surface area contributed by atoms with Crippen LogP contribution < -0.4 is 5.73 Å². The van der Waals surface area contributed by atoms with E-state index in [1.165, 1.54) is 6.33 Å². The molecule has 0 bridgehead atoms. The van der Waals surface area contributed by atoms with Gasteiger partial charge >= 0.3 is 5.97 Å². The molecule has 0 radical (unpaired) electrons. The Morgan fingerprint density at radius 3 is 2.82 bits per heavy atom. The minimum Gasteiger partial charge on any atom is -0.461 e. The molecule has 1 aromatic rings. The highest BCUT2D eigenvalue weighted by molar-refractivity contribution is 5.92. The lowest BCUT2D eigenvalue weighted by Gasteiger charge is -2.17. The van der Waals surface area contributed by atoms with Crippen molar-refractivity contribution < 1.29 is 9.53 Å². The van der Waals surface area contributed by atoms with Gasteiger partial charge in [0, 0.05) is 0 Å². The van der Waals surface area contributed by atoms with Crippen molar-refractivity contribution in [1.82, 2.24) is 9.55 Å². The Morgan fingerprint density at radius 1 is 1.71 bits per heavy atom. The molecule has 0 saturated heterocycles. The number of terminal acetylenes is 1. The second-order valence-electron chi connectivity index (χ2n) is 3.96. The van der Waals surface area contributed by atoms with E-state index in [1.54, 1.807) is 11.5 Å². The maximum Gasteiger partial charge on any atom is 0.360 e. The smallest absolute Gasteiger partial charge is 0.360 e. The molecule has 0 saturated carbocycles. The van der Waals surface area contributed by atoms with E-state index in [-0.39, 0.29) is 30.1 Å². The summed E-state index contributed by atoms with van der Waals surface area (Å²) >= 11 is 0. The monoisotopic (exact) mass is 235 g/mol. The molecular formula is C12H17N3O2. The maximum atomic E-state index is 11.5. The number of nitrogen functional groups attached to an aromatic ring is 1. The van der Waals surface area contributed by atoms with Crippen molar-refractivity contribution >= 4 is 11.8 Å².